The van der Waals surface area contributed by atoms with E-state index < -0.39 is 0 Å². The third-order valence-electron chi connectivity index (χ3n) is 3.43. The van der Waals surface area contributed by atoms with Crippen molar-refractivity contribution in [2.24, 2.45) is 0 Å². The van der Waals surface area contributed by atoms with Gasteiger partial charge in [-0.1, -0.05) is 13.8 Å². The largest absolute Gasteiger partial charge is 0.464 e. The number of furan rings is 1. The summed E-state index contributed by atoms with van der Waals surface area (Å²) in [5.41, 5.74) is 2.15. The summed E-state index contributed by atoms with van der Waals surface area (Å²) in [6.45, 7) is 7.71. The van der Waals surface area contributed by atoms with Crippen LogP contribution in [-0.4, -0.2) is 13.1 Å². The molecule has 0 saturated carbocycles. The van der Waals surface area contributed by atoms with Gasteiger partial charge in [-0.2, -0.15) is 0 Å². The fraction of sp³-hybridized carbons (Fsp3) is 0.412. The van der Waals surface area contributed by atoms with E-state index in [9.17, 15) is 4.39 Å². The Bertz CT molecular complexity index is 575. The number of hydrogen-bond acceptors (Lipinski definition) is 3. The van der Waals surface area contributed by atoms with Gasteiger partial charge in [0, 0.05) is 30.9 Å². The van der Waals surface area contributed by atoms with Crippen LogP contribution in [0.15, 0.2) is 34.7 Å². The van der Waals surface area contributed by atoms with Crippen molar-refractivity contribution < 1.29 is 8.81 Å². The van der Waals surface area contributed by atoms with Gasteiger partial charge in [-0.05, 0) is 37.3 Å². The number of aryl methyl sites for hydroxylation is 1. The fourth-order valence-corrected chi connectivity index (χ4v) is 2.18. The molecule has 0 fully saturated rings. The number of halogens is 1. The first-order chi connectivity index (χ1) is 9.95. The average molecular weight is 290 g/mol. The van der Waals surface area contributed by atoms with Gasteiger partial charge in [0.25, 0.3) is 0 Å². The lowest BCUT2D eigenvalue weighted by Crippen LogP contribution is -2.21. The molecule has 0 aliphatic heterocycles. The topological polar surface area (TPSA) is 28.4 Å². The van der Waals surface area contributed by atoms with Crippen molar-refractivity contribution in [3.63, 3.8) is 0 Å². The minimum Gasteiger partial charge on any atom is -0.464 e. The smallest absolute Gasteiger partial charge is 0.123 e. The van der Waals surface area contributed by atoms with Crippen LogP contribution in [0.4, 0.5) is 10.1 Å². The van der Waals surface area contributed by atoms with Gasteiger partial charge in [0.15, 0.2) is 0 Å². The molecule has 0 aliphatic carbocycles. The molecule has 21 heavy (non-hydrogen) atoms. The summed E-state index contributed by atoms with van der Waals surface area (Å²) in [4.78, 5) is 2.04. The maximum Gasteiger partial charge on any atom is 0.123 e. The highest BCUT2D eigenvalue weighted by molar-refractivity contribution is 5.45. The number of anilines is 1. The number of nitrogens with one attached hydrogen (secondary N) is 1. The average Bonchev–Trinajstić information content (AvgIpc) is 2.77. The highest BCUT2D eigenvalue weighted by Gasteiger charge is 2.10. The van der Waals surface area contributed by atoms with Crippen molar-refractivity contribution in [1.29, 1.82) is 0 Å². The lowest BCUT2D eigenvalue weighted by atomic mass is 10.2. The molecule has 3 nitrogen and oxygen atoms in total. The molecular weight excluding hydrogens is 267 g/mol. The highest BCUT2D eigenvalue weighted by Crippen LogP contribution is 2.20. The SMILES string of the molecule is Cc1oc(CN(C)c2ccc(F)cc2)cc1CNC(C)C. The van der Waals surface area contributed by atoms with Crippen LogP contribution in [0, 0.1) is 12.7 Å². The second kappa shape index (κ2) is 6.76. The van der Waals surface area contributed by atoms with Crippen molar-refractivity contribution in [2.45, 2.75) is 39.9 Å². The van der Waals surface area contributed by atoms with Gasteiger partial charge in [-0.15, -0.1) is 0 Å². The first kappa shape index (κ1) is 15.6. The predicted molar refractivity (Wildman–Crippen MR) is 83.9 cm³/mol. The summed E-state index contributed by atoms with van der Waals surface area (Å²) in [6, 6.07) is 9.02. The van der Waals surface area contributed by atoms with Crippen molar-refractivity contribution in [2.75, 3.05) is 11.9 Å². The van der Waals surface area contributed by atoms with Crippen LogP contribution >= 0.6 is 0 Å². The van der Waals surface area contributed by atoms with Gasteiger partial charge in [0.2, 0.25) is 0 Å². The summed E-state index contributed by atoms with van der Waals surface area (Å²) < 4.78 is 18.7. The molecule has 0 spiro atoms. The second-order valence-corrected chi connectivity index (χ2v) is 5.66. The van der Waals surface area contributed by atoms with E-state index in [-0.39, 0.29) is 5.82 Å². The molecule has 2 aromatic rings. The number of hydrogen-bond donors (Lipinski definition) is 1. The van der Waals surface area contributed by atoms with Gasteiger partial charge in [0.1, 0.15) is 17.3 Å². The Balaban J connectivity index is 2.02. The second-order valence-electron chi connectivity index (χ2n) is 5.66. The molecule has 0 radical (unpaired) electrons. The van der Waals surface area contributed by atoms with Crippen LogP contribution in [0.5, 0.6) is 0 Å². The zero-order chi connectivity index (χ0) is 15.4. The van der Waals surface area contributed by atoms with Crippen molar-refractivity contribution >= 4 is 5.69 Å². The molecule has 2 rings (SSSR count). The van der Waals surface area contributed by atoms with Crippen LogP contribution < -0.4 is 10.2 Å². The normalized spacial score (nSPS) is 11.1. The quantitative estimate of drug-likeness (QED) is 0.875. The molecule has 0 saturated heterocycles. The van der Waals surface area contributed by atoms with Gasteiger partial charge in [0.05, 0.1) is 6.54 Å². The highest BCUT2D eigenvalue weighted by atomic mass is 19.1. The Morgan fingerprint density at radius 1 is 1.24 bits per heavy atom. The van der Waals surface area contributed by atoms with Crippen molar-refractivity contribution in [3.8, 4) is 0 Å². The Morgan fingerprint density at radius 3 is 2.52 bits per heavy atom. The maximum atomic E-state index is 12.9. The Kier molecular flexibility index (Phi) is 5.02. The van der Waals surface area contributed by atoms with E-state index in [4.69, 9.17) is 4.42 Å². The van der Waals surface area contributed by atoms with Gasteiger partial charge in [-0.25, -0.2) is 4.39 Å². The van der Waals surface area contributed by atoms with E-state index in [1.165, 1.54) is 17.7 Å². The molecule has 114 valence electrons. The maximum absolute atomic E-state index is 12.9. The van der Waals surface area contributed by atoms with E-state index in [0.717, 1.165) is 23.8 Å². The van der Waals surface area contributed by atoms with E-state index in [0.29, 0.717) is 12.6 Å². The summed E-state index contributed by atoms with van der Waals surface area (Å²) in [6.07, 6.45) is 0. The standard InChI is InChI=1S/C17H23FN2O/c1-12(2)19-10-14-9-17(21-13(14)3)11-20(4)16-7-5-15(18)6-8-16/h5-9,12,19H,10-11H2,1-4H3. The van der Waals surface area contributed by atoms with Gasteiger partial charge >= 0.3 is 0 Å². The molecule has 0 bridgehead atoms. The van der Waals surface area contributed by atoms with Gasteiger partial charge in [-0.3, -0.25) is 0 Å². The Hall–Kier alpha value is -1.81. The third kappa shape index (κ3) is 4.33. The van der Waals surface area contributed by atoms with E-state index in [1.54, 1.807) is 12.1 Å². The molecule has 1 aromatic heterocycles. The molecule has 4 heteroatoms. The minimum absolute atomic E-state index is 0.219. The monoisotopic (exact) mass is 290 g/mol. The van der Waals surface area contributed by atoms with Crippen molar-refractivity contribution in [3.05, 3.63) is 53.2 Å². The molecule has 1 N–H and O–H groups in total. The molecule has 0 amide bonds. The molecule has 0 aliphatic rings. The molecule has 1 heterocycles. The van der Waals surface area contributed by atoms with Crippen LogP contribution in [0.2, 0.25) is 0 Å². The van der Waals surface area contributed by atoms with E-state index in [1.807, 2.05) is 18.9 Å². The van der Waals surface area contributed by atoms with Crippen molar-refractivity contribution in [1.82, 2.24) is 5.32 Å². The van der Waals surface area contributed by atoms with Crippen LogP contribution in [-0.2, 0) is 13.1 Å². The summed E-state index contributed by atoms with van der Waals surface area (Å²) in [7, 11) is 1.97. The fourth-order valence-electron chi connectivity index (χ4n) is 2.18. The van der Waals surface area contributed by atoms with E-state index >= 15 is 0 Å². The molecule has 1 aromatic carbocycles. The van der Waals surface area contributed by atoms with Crippen LogP contribution in [0.25, 0.3) is 0 Å². The number of rotatable bonds is 6. The number of benzene rings is 1. The minimum atomic E-state index is -0.219. The molecular formula is C17H23FN2O. The number of nitrogens with zero attached hydrogens (tertiary/aromatic N) is 1. The lowest BCUT2D eigenvalue weighted by Gasteiger charge is -2.17. The summed E-state index contributed by atoms with van der Waals surface area (Å²) in [5.74, 6) is 1.65. The zero-order valence-electron chi connectivity index (χ0n) is 13.1. The molecule has 0 atom stereocenters. The van der Waals surface area contributed by atoms with Crippen LogP contribution in [0.3, 0.4) is 0 Å². The Morgan fingerprint density at radius 2 is 1.90 bits per heavy atom. The summed E-state index contributed by atoms with van der Waals surface area (Å²) in [5, 5.41) is 3.39. The third-order valence-corrected chi connectivity index (χ3v) is 3.43. The molecule has 0 unspecified atom stereocenters. The Labute approximate surface area is 125 Å². The first-order valence-electron chi connectivity index (χ1n) is 7.24. The first-order valence-corrected chi connectivity index (χ1v) is 7.24. The lowest BCUT2D eigenvalue weighted by molar-refractivity contribution is 0.476. The van der Waals surface area contributed by atoms with E-state index in [2.05, 4.69) is 25.2 Å². The summed E-state index contributed by atoms with van der Waals surface area (Å²) >= 11 is 0. The zero-order valence-corrected chi connectivity index (χ0v) is 13.1. The van der Waals surface area contributed by atoms with Gasteiger partial charge < -0.3 is 14.6 Å². The van der Waals surface area contributed by atoms with Crippen LogP contribution in [0.1, 0.15) is 30.9 Å². The predicted octanol–water partition coefficient (Wildman–Crippen LogP) is 3.86.